The van der Waals surface area contributed by atoms with Gasteiger partial charge < -0.3 is 4.57 Å². The van der Waals surface area contributed by atoms with Crippen LogP contribution < -0.4 is 0 Å². The lowest BCUT2D eigenvalue weighted by molar-refractivity contribution is 1.12. The molecule has 0 saturated heterocycles. The third kappa shape index (κ3) is 2.30. The molecule has 0 aliphatic heterocycles. The molecule has 150 valence electrons. The molecule has 0 aliphatic rings. The van der Waals surface area contributed by atoms with Gasteiger partial charge in [-0.2, -0.15) is 0 Å². The summed E-state index contributed by atoms with van der Waals surface area (Å²) in [4.78, 5) is 13.7. The minimum Gasteiger partial charge on any atom is -0.307 e. The van der Waals surface area contributed by atoms with Gasteiger partial charge in [0.25, 0.3) is 0 Å². The largest absolute Gasteiger partial charge is 0.307 e. The standard InChI is InChI=1S/C27H17N5/c1-3-7-23-20(5-1)22-17-25-26(30-27(22)32(23)19-11-15-29-16-12-19)21-6-2-4-8-24(21)31(25)18-9-13-28-14-10-18/h1-17H. The molecule has 0 N–H and O–H groups in total. The van der Waals surface area contributed by atoms with Crippen molar-refractivity contribution in [1.82, 2.24) is 24.1 Å². The Bertz CT molecular complexity index is 1630. The Kier molecular flexibility index (Phi) is 3.49. The van der Waals surface area contributed by atoms with E-state index in [0.717, 1.165) is 49.9 Å². The van der Waals surface area contributed by atoms with E-state index < -0.39 is 0 Å². The minimum atomic E-state index is 0.947. The molecule has 5 heterocycles. The first kappa shape index (κ1) is 17.2. The molecule has 0 amide bonds. The van der Waals surface area contributed by atoms with Crippen molar-refractivity contribution < 1.29 is 0 Å². The van der Waals surface area contributed by atoms with Gasteiger partial charge >= 0.3 is 0 Å². The van der Waals surface area contributed by atoms with Crippen LogP contribution in [-0.4, -0.2) is 24.1 Å². The second-order valence-corrected chi connectivity index (χ2v) is 7.84. The van der Waals surface area contributed by atoms with Crippen LogP contribution in [0.2, 0.25) is 0 Å². The highest BCUT2D eigenvalue weighted by atomic mass is 15.1. The van der Waals surface area contributed by atoms with E-state index in [9.17, 15) is 0 Å². The Balaban J connectivity index is 1.71. The monoisotopic (exact) mass is 411 g/mol. The second kappa shape index (κ2) is 6.49. The lowest BCUT2D eigenvalue weighted by atomic mass is 10.2. The van der Waals surface area contributed by atoms with E-state index in [1.807, 2.05) is 49.1 Å². The quantitative estimate of drug-likeness (QED) is 0.347. The average molecular weight is 411 g/mol. The number of para-hydroxylation sites is 2. The lowest BCUT2D eigenvalue weighted by Crippen LogP contribution is -1.96. The van der Waals surface area contributed by atoms with Gasteiger partial charge in [-0.3, -0.25) is 14.5 Å². The Morgan fingerprint density at radius 3 is 1.75 bits per heavy atom. The summed E-state index contributed by atoms with van der Waals surface area (Å²) in [6, 6.07) is 27.3. The van der Waals surface area contributed by atoms with E-state index in [-0.39, 0.29) is 0 Å². The third-order valence-corrected chi connectivity index (χ3v) is 6.11. The minimum absolute atomic E-state index is 0.947. The fraction of sp³-hybridized carbons (Fsp3) is 0. The molecule has 32 heavy (non-hydrogen) atoms. The van der Waals surface area contributed by atoms with Crippen LogP contribution in [0.15, 0.2) is 104 Å². The predicted molar refractivity (Wildman–Crippen MR) is 129 cm³/mol. The molecule has 0 atom stereocenters. The Labute approximate surface area is 183 Å². The highest BCUT2D eigenvalue weighted by Crippen LogP contribution is 2.37. The van der Waals surface area contributed by atoms with Crippen LogP contribution in [-0.2, 0) is 0 Å². The zero-order chi connectivity index (χ0) is 21.1. The maximum atomic E-state index is 5.27. The summed E-state index contributed by atoms with van der Waals surface area (Å²) >= 11 is 0. The van der Waals surface area contributed by atoms with E-state index in [0.29, 0.717) is 0 Å². The SMILES string of the molecule is c1ccc2c(c1)c1nc3c(cc1n2-c1ccncc1)c1ccccc1n3-c1ccncc1. The van der Waals surface area contributed by atoms with Crippen LogP contribution in [0.3, 0.4) is 0 Å². The predicted octanol–water partition coefficient (Wildman–Crippen LogP) is 6.07. The molecule has 0 unspecified atom stereocenters. The fourth-order valence-electron chi connectivity index (χ4n) is 4.77. The summed E-state index contributed by atoms with van der Waals surface area (Å²) in [6.45, 7) is 0. The number of aromatic nitrogens is 5. The molecule has 0 bridgehead atoms. The summed E-state index contributed by atoms with van der Waals surface area (Å²) < 4.78 is 4.50. The number of nitrogens with zero attached hydrogens (tertiary/aromatic N) is 5. The number of hydrogen-bond acceptors (Lipinski definition) is 3. The van der Waals surface area contributed by atoms with Crippen molar-refractivity contribution in [3.05, 3.63) is 104 Å². The molecular weight excluding hydrogens is 394 g/mol. The van der Waals surface area contributed by atoms with Gasteiger partial charge in [0.05, 0.1) is 27.8 Å². The van der Waals surface area contributed by atoms with E-state index in [2.05, 4.69) is 73.7 Å². The maximum absolute atomic E-state index is 5.27. The van der Waals surface area contributed by atoms with Gasteiger partial charge in [-0.25, -0.2) is 4.98 Å². The summed E-state index contributed by atoms with van der Waals surface area (Å²) in [7, 11) is 0. The molecule has 0 fully saturated rings. The normalized spacial score (nSPS) is 11.8. The van der Waals surface area contributed by atoms with E-state index in [4.69, 9.17) is 4.98 Å². The van der Waals surface area contributed by atoms with E-state index in [1.54, 1.807) is 0 Å². The van der Waals surface area contributed by atoms with E-state index >= 15 is 0 Å². The molecule has 5 heteroatoms. The fourth-order valence-corrected chi connectivity index (χ4v) is 4.77. The van der Waals surface area contributed by atoms with Crippen LogP contribution in [0, 0.1) is 0 Å². The first-order chi connectivity index (χ1) is 15.9. The van der Waals surface area contributed by atoms with Crippen molar-refractivity contribution in [2.45, 2.75) is 0 Å². The molecule has 0 aliphatic carbocycles. The summed E-state index contributed by atoms with van der Waals surface area (Å²) in [5.41, 5.74) is 7.41. The number of benzene rings is 2. The van der Waals surface area contributed by atoms with Crippen LogP contribution >= 0.6 is 0 Å². The maximum Gasteiger partial charge on any atom is 0.146 e. The Morgan fingerprint density at radius 2 is 1.06 bits per heavy atom. The first-order valence-corrected chi connectivity index (χ1v) is 10.5. The lowest BCUT2D eigenvalue weighted by Gasteiger charge is -2.08. The molecule has 5 aromatic heterocycles. The van der Waals surface area contributed by atoms with Gasteiger partial charge in [0.1, 0.15) is 5.65 Å². The zero-order valence-corrected chi connectivity index (χ0v) is 17.1. The number of fused-ring (bicyclic) bond motifs is 6. The van der Waals surface area contributed by atoms with Crippen molar-refractivity contribution >= 4 is 43.9 Å². The van der Waals surface area contributed by atoms with Crippen molar-refractivity contribution in [3.63, 3.8) is 0 Å². The highest BCUT2D eigenvalue weighted by Gasteiger charge is 2.19. The molecule has 7 aromatic rings. The summed E-state index contributed by atoms with van der Waals surface area (Å²) in [5, 5.41) is 3.44. The first-order valence-electron chi connectivity index (χ1n) is 10.5. The van der Waals surface area contributed by atoms with Gasteiger partial charge in [-0.1, -0.05) is 36.4 Å². The topological polar surface area (TPSA) is 48.5 Å². The number of pyridine rings is 3. The number of hydrogen-bond donors (Lipinski definition) is 0. The molecule has 0 spiro atoms. The van der Waals surface area contributed by atoms with Gasteiger partial charge in [0.2, 0.25) is 0 Å². The molecule has 0 saturated carbocycles. The number of rotatable bonds is 2. The van der Waals surface area contributed by atoms with Crippen molar-refractivity contribution in [2.75, 3.05) is 0 Å². The van der Waals surface area contributed by atoms with Crippen LogP contribution in [0.1, 0.15) is 0 Å². The summed E-state index contributed by atoms with van der Waals surface area (Å²) in [5.74, 6) is 0. The molecule has 7 rings (SSSR count). The molecule has 0 radical (unpaired) electrons. The highest BCUT2D eigenvalue weighted by molar-refractivity contribution is 6.15. The smallest absolute Gasteiger partial charge is 0.146 e. The van der Waals surface area contributed by atoms with Crippen molar-refractivity contribution in [1.29, 1.82) is 0 Å². The second-order valence-electron chi connectivity index (χ2n) is 7.84. The average Bonchev–Trinajstić information content (AvgIpc) is 3.36. The van der Waals surface area contributed by atoms with Gasteiger partial charge in [0.15, 0.2) is 0 Å². The third-order valence-electron chi connectivity index (χ3n) is 6.11. The molecule has 5 nitrogen and oxygen atoms in total. The van der Waals surface area contributed by atoms with Crippen LogP contribution in [0.25, 0.3) is 55.2 Å². The Morgan fingerprint density at radius 1 is 0.500 bits per heavy atom. The zero-order valence-electron chi connectivity index (χ0n) is 17.1. The van der Waals surface area contributed by atoms with Gasteiger partial charge in [-0.05, 0) is 42.5 Å². The van der Waals surface area contributed by atoms with Crippen LogP contribution in [0.4, 0.5) is 0 Å². The Hall–Kier alpha value is -4.51. The molecule has 2 aromatic carbocycles. The van der Waals surface area contributed by atoms with Crippen molar-refractivity contribution in [3.8, 4) is 11.4 Å². The van der Waals surface area contributed by atoms with Gasteiger partial charge in [0, 0.05) is 46.6 Å². The van der Waals surface area contributed by atoms with Gasteiger partial charge in [-0.15, -0.1) is 0 Å². The molecular formula is C27H17N5. The van der Waals surface area contributed by atoms with Crippen molar-refractivity contribution in [2.24, 2.45) is 0 Å². The summed E-state index contributed by atoms with van der Waals surface area (Å²) in [6.07, 6.45) is 7.31. The van der Waals surface area contributed by atoms with Crippen LogP contribution in [0.5, 0.6) is 0 Å². The van der Waals surface area contributed by atoms with E-state index in [1.165, 1.54) is 5.39 Å².